The smallest absolute Gasteiger partial charge is 0.192 e. The number of fused-ring (bicyclic) bond motifs is 1. The summed E-state index contributed by atoms with van der Waals surface area (Å²) in [6.45, 7) is 0.0928. The number of H-pyrrole nitrogens is 1. The van der Waals surface area contributed by atoms with Crippen molar-refractivity contribution in [3.05, 3.63) is 40.2 Å². The quantitative estimate of drug-likeness (QED) is 0.840. The number of aliphatic hydroxyl groups excluding tert-OH is 1. The van der Waals surface area contributed by atoms with Gasteiger partial charge in [-0.2, -0.15) is 0 Å². The lowest BCUT2D eigenvalue weighted by Gasteiger charge is -2.04. The third-order valence-corrected chi connectivity index (χ3v) is 2.77. The van der Waals surface area contributed by atoms with Crippen LogP contribution in [-0.4, -0.2) is 23.8 Å². The van der Waals surface area contributed by atoms with Gasteiger partial charge >= 0.3 is 0 Å². The highest BCUT2D eigenvalue weighted by molar-refractivity contribution is 5.80. The molecule has 1 heterocycles. The number of aromatic nitrogens is 1. The average molecular weight is 233 g/mol. The van der Waals surface area contributed by atoms with Crippen LogP contribution in [0.15, 0.2) is 29.2 Å². The van der Waals surface area contributed by atoms with Crippen molar-refractivity contribution in [2.75, 3.05) is 13.7 Å². The Kier molecular flexibility index (Phi) is 3.44. The van der Waals surface area contributed by atoms with Gasteiger partial charge in [-0.15, -0.1) is 0 Å². The Morgan fingerprint density at radius 1 is 1.41 bits per heavy atom. The fourth-order valence-electron chi connectivity index (χ4n) is 1.82. The van der Waals surface area contributed by atoms with Gasteiger partial charge in [-0.05, 0) is 31.0 Å². The summed E-state index contributed by atoms with van der Waals surface area (Å²) < 4.78 is 5.11. The lowest BCUT2D eigenvalue weighted by atomic mass is 10.1. The number of methoxy groups -OCH3 is 1. The zero-order valence-corrected chi connectivity index (χ0v) is 9.69. The summed E-state index contributed by atoms with van der Waals surface area (Å²) in [5, 5.41) is 9.41. The second-order valence-electron chi connectivity index (χ2n) is 3.88. The summed E-state index contributed by atoms with van der Waals surface area (Å²) in [4.78, 5) is 15.2. The van der Waals surface area contributed by atoms with Gasteiger partial charge in [-0.25, -0.2) is 0 Å². The number of rotatable bonds is 4. The molecular formula is C13H15NO3. The first kappa shape index (κ1) is 11.7. The molecule has 0 saturated carbocycles. The first-order chi connectivity index (χ1) is 8.26. The molecule has 0 fully saturated rings. The monoisotopic (exact) mass is 233 g/mol. The molecule has 17 heavy (non-hydrogen) atoms. The van der Waals surface area contributed by atoms with Crippen LogP contribution in [0.4, 0.5) is 0 Å². The van der Waals surface area contributed by atoms with Gasteiger partial charge in [0.15, 0.2) is 5.43 Å². The lowest BCUT2D eigenvalue weighted by molar-refractivity contribution is 0.288. The van der Waals surface area contributed by atoms with Crippen LogP contribution in [0, 0.1) is 0 Å². The van der Waals surface area contributed by atoms with Gasteiger partial charge in [0.05, 0.1) is 7.11 Å². The van der Waals surface area contributed by atoms with E-state index in [1.165, 1.54) is 0 Å². The molecule has 0 aliphatic rings. The Morgan fingerprint density at radius 2 is 2.24 bits per heavy atom. The molecule has 0 radical (unpaired) electrons. The van der Waals surface area contributed by atoms with Gasteiger partial charge in [0.1, 0.15) is 5.75 Å². The fourth-order valence-corrected chi connectivity index (χ4v) is 1.82. The highest BCUT2D eigenvalue weighted by Crippen LogP contribution is 2.16. The van der Waals surface area contributed by atoms with E-state index in [9.17, 15) is 4.79 Å². The van der Waals surface area contributed by atoms with Gasteiger partial charge in [0.2, 0.25) is 0 Å². The first-order valence-electron chi connectivity index (χ1n) is 5.55. The molecule has 2 rings (SSSR count). The Morgan fingerprint density at radius 3 is 2.94 bits per heavy atom. The zero-order valence-electron chi connectivity index (χ0n) is 9.69. The minimum absolute atomic E-state index is 0.00565. The molecule has 0 aliphatic carbocycles. The molecule has 0 saturated heterocycles. The standard InChI is InChI=1S/C13H15NO3/c1-17-10-4-5-12-11(7-10)13(16)9(8-14-12)3-2-6-15/h4-5,7-8,15H,2-3,6H2,1H3,(H,14,16). The predicted octanol–water partition coefficient (Wildman–Crippen LogP) is 1.46. The number of aliphatic hydroxyl groups is 1. The predicted molar refractivity (Wildman–Crippen MR) is 66.5 cm³/mol. The molecule has 4 nitrogen and oxygen atoms in total. The van der Waals surface area contributed by atoms with Gasteiger partial charge in [0, 0.05) is 29.3 Å². The first-order valence-corrected chi connectivity index (χ1v) is 5.55. The highest BCUT2D eigenvalue weighted by Gasteiger charge is 2.05. The highest BCUT2D eigenvalue weighted by atomic mass is 16.5. The summed E-state index contributed by atoms with van der Waals surface area (Å²) in [7, 11) is 1.57. The van der Waals surface area contributed by atoms with E-state index in [1.54, 1.807) is 19.4 Å². The van der Waals surface area contributed by atoms with Crippen LogP contribution in [0.5, 0.6) is 5.75 Å². The maximum absolute atomic E-state index is 12.1. The molecule has 1 aromatic heterocycles. The number of aromatic amines is 1. The van der Waals surface area contributed by atoms with Gasteiger partial charge < -0.3 is 14.8 Å². The maximum Gasteiger partial charge on any atom is 0.192 e. The molecular weight excluding hydrogens is 218 g/mol. The molecule has 2 aromatic rings. The van der Waals surface area contributed by atoms with Crippen molar-refractivity contribution in [1.82, 2.24) is 4.98 Å². The Balaban J connectivity index is 2.52. The minimum Gasteiger partial charge on any atom is -0.497 e. The molecule has 0 amide bonds. The number of hydrogen-bond donors (Lipinski definition) is 2. The van der Waals surface area contributed by atoms with Crippen molar-refractivity contribution in [2.45, 2.75) is 12.8 Å². The normalized spacial score (nSPS) is 10.7. The van der Waals surface area contributed by atoms with Crippen molar-refractivity contribution in [3.8, 4) is 5.75 Å². The van der Waals surface area contributed by atoms with Gasteiger partial charge in [-0.3, -0.25) is 4.79 Å². The second-order valence-corrected chi connectivity index (χ2v) is 3.88. The van der Waals surface area contributed by atoms with E-state index in [1.807, 2.05) is 12.1 Å². The van der Waals surface area contributed by atoms with Crippen LogP contribution in [0.1, 0.15) is 12.0 Å². The van der Waals surface area contributed by atoms with Gasteiger partial charge in [0.25, 0.3) is 0 Å². The zero-order chi connectivity index (χ0) is 12.3. The molecule has 0 unspecified atom stereocenters. The molecule has 0 aliphatic heterocycles. The molecule has 90 valence electrons. The summed E-state index contributed by atoms with van der Waals surface area (Å²) in [5.74, 6) is 0.669. The third-order valence-electron chi connectivity index (χ3n) is 2.77. The molecule has 2 N–H and O–H groups in total. The number of pyridine rings is 1. The van der Waals surface area contributed by atoms with Crippen LogP contribution in [0.3, 0.4) is 0 Å². The van der Waals surface area contributed by atoms with Crippen LogP contribution in [0.2, 0.25) is 0 Å². The summed E-state index contributed by atoms with van der Waals surface area (Å²) >= 11 is 0. The van der Waals surface area contributed by atoms with E-state index in [4.69, 9.17) is 9.84 Å². The van der Waals surface area contributed by atoms with E-state index in [0.717, 1.165) is 5.52 Å². The van der Waals surface area contributed by atoms with Crippen molar-refractivity contribution in [1.29, 1.82) is 0 Å². The summed E-state index contributed by atoms with van der Waals surface area (Å²) in [6, 6.07) is 5.37. The topological polar surface area (TPSA) is 62.3 Å². The molecule has 4 heteroatoms. The number of benzene rings is 1. The summed E-state index contributed by atoms with van der Waals surface area (Å²) in [5.41, 5.74) is 1.49. The number of hydrogen-bond acceptors (Lipinski definition) is 3. The molecule has 0 bridgehead atoms. The fraction of sp³-hybridized carbons (Fsp3) is 0.308. The van der Waals surface area contributed by atoms with E-state index >= 15 is 0 Å². The number of ether oxygens (including phenoxy) is 1. The average Bonchev–Trinajstić information content (AvgIpc) is 2.38. The summed E-state index contributed by atoms with van der Waals surface area (Å²) in [6.07, 6.45) is 2.89. The van der Waals surface area contributed by atoms with Crippen molar-refractivity contribution >= 4 is 10.9 Å². The van der Waals surface area contributed by atoms with Crippen LogP contribution in [0.25, 0.3) is 10.9 Å². The van der Waals surface area contributed by atoms with Crippen LogP contribution < -0.4 is 10.2 Å². The minimum atomic E-state index is 0.00565. The largest absolute Gasteiger partial charge is 0.497 e. The van der Waals surface area contributed by atoms with Crippen LogP contribution >= 0.6 is 0 Å². The van der Waals surface area contributed by atoms with Crippen molar-refractivity contribution in [2.24, 2.45) is 0 Å². The second kappa shape index (κ2) is 5.01. The lowest BCUT2D eigenvalue weighted by Crippen LogP contribution is -2.10. The van der Waals surface area contributed by atoms with Gasteiger partial charge in [-0.1, -0.05) is 0 Å². The van der Waals surface area contributed by atoms with Crippen molar-refractivity contribution in [3.63, 3.8) is 0 Å². The SMILES string of the molecule is COc1ccc2[nH]cc(CCCO)c(=O)c2c1. The Hall–Kier alpha value is -1.81. The number of nitrogens with one attached hydrogen (secondary N) is 1. The molecule has 0 atom stereocenters. The maximum atomic E-state index is 12.1. The van der Waals surface area contributed by atoms with E-state index in [-0.39, 0.29) is 12.0 Å². The van der Waals surface area contributed by atoms with Crippen LogP contribution in [-0.2, 0) is 6.42 Å². The molecule has 1 aromatic carbocycles. The number of aryl methyl sites for hydroxylation is 1. The van der Waals surface area contributed by atoms with Crippen molar-refractivity contribution < 1.29 is 9.84 Å². The molecule has 0 spiro atoms. The Labute approximate surface area is 98.9 Å². The van der Waals surface area contributed by atoms with E-state index in [0.29, 0.717) is 29.5 Å². The van der Waals surface area contributed by atoms with E-state index in [2.05, 4.69) is 4.98 Å². The Bertz CT molecular complexity index is 574. The third kappa shape index (κ3) is 2.31. The van der Waals surface area contributed by atoms with E-state index < -0.39 is 0 Å².